The van der Waals surface area contributed by atoms with Crippen LogP contribution in [0.1, 0.15) is 19.8 Å². The monoisotopic (exact) mass is 199 g/mol. The summed E-state index contributed by atoms with van der Waals surface area (Å²) >= 11 is 0. The number of carbonyl (C=O) groups is 1. The van der Waals surface area contributed by atoms with Gasteiger partial charge in [-0.2, -0.15) is 0 Å². The third-order valence-corrected chi connectivity index (χ3v) is 2.91. The van der Waals surface area contributed by atoms with E-state index in [0.29, 0.717) is 0 Å². The lowest BCUT2D eigenvalue weighted by molar-refractivity contribution is -0.123. The Morgan fingerprint density at radius 3 is 2.64 bits per heavy atom. The molecule has 2 N–H and O–H groups in total. The molecule has 0 radical (unpaired) electrons. The number of nitrogens with two attached hydrogens (primary N) is 1. The number of amides is 1. The number of hydrogen-bond acceptors (Lipinski definition) is 3. The van der Waals surface area contributed by atoms with Crippen molar-refractivity contribution in [1.82, 2.24) is 9.80 Å². The topological polar surface area (TPSA) is 49.6 Å². The molecule has 1 fully saturated rings. The minimum atomic E-state index is -0.183. The van der Waals surface area contributed by atoms with Crippen LogP contribution in [0.5, 0.6) is 0 Å². The summed E-state index contributed by atoms with van der Waals surface area (Å²) in [4.78, 5) is 15.7. The first-order chi connectivity index (χ1) is 6.65. The molecule has 1 heterocycles. The van der Waals surface area contributed by atoms with Crippen LogP contribution in [0.4, 0.5) is 0 Å². The third-order valence-electron chi connectivity index (χ3n) is 2.91. The zero-order chi connectivity index (χ0) is 10.6. The van der Waals surface area contributed by atoms with Crippen LogP contribution < -0.4 is 5.73 Å². The van der Waals surface area contributed by atoms with Gasteiger partial charge < -0.3 is 10.6 Å². The number of nitrogens with zero attached hydrogens (tertiary/aromatic N) is 2. The number of rotatable bonds is 3. The lowest BCUT2D eigenvalue weighted by atomic mass is 10.1. The van der Waals surface area contributed by atoms with E-state index in [1.54, 1.807) is 0 Å². The van der Waals surface area contributed by atoms with Crippen molar-refractivity contribution in [2.75, 3.05) is 33.2 Å². The van der Waals surface area contributed by atoms with Crippen LogP contribution in [-0.4, -0.2) is 55.0 Å². The standard InChI is InChI=1S/C10H21N3O/c1-3-9(10(11)14)13-6-4-5-12(2)7-8-13/h9H,3-8H2,1-2H3,(H2,11,14). The second-order valence-corrected chi connectivity index (χ2v) is 4.02. The fourth-order valence-corrected chi connectivity index (χ4v) is 2.02. The minimum Gasteiger partial charge on any atom is -0.368 e. The Morgan fingerprint density at radius 1 is 1.36 bits per heavy atom. The van der Waals surface area contributed by atoms with Gasteiger partial charge in [-0.25, -0.2) is 0 Å². The van der Waals surface area contributed by atoms with Gasteiger partial charge in [0.1, 0.15) is 0 Å². The van der Waals surface area contributed by atoms with Crippen molar-refractivity contribution >= 4 is 5.91 Å². The van der Waals surface area contributed by atoms with Gasteiger partial charge in [0.15, 0.2) is 0 Å². The zero-order valence-corrected chi connectivity index (χ0v) is 9.20. The summed E-state index contributed by atoms with van der Waals surface area (Å²) in [6, 6.07) is -0.0681. The van der Waals surface area contributed by atoms with Crippen LogP contribution >= 0.6 is 0 Å². The number of likely N-dealkylation sites (N-methyl/N-ethyl adjacent to an activating group) is 1. The molecule has 1 unspecified atom stereocenters. The Morgan fingerprint density at radius 2 is 2.07 bits per heavy atom. The molecule has 14 heavy (non-hydrogen) atoms. The molecule has 0 aromatic carbocycles. The van der Waals surface area contributed by atoms with Gasteiger partial charge in [-0.05, 0) is 26.4 Å². The van der Waals surface area contributed by atoms with Crippen LogP contribution in [0, 0.1) is 0 Å². The van der Waals surface area contributed by atoms with E-state index in [0.717, 1.165) is 39.0 Å². The molecule has 1 aliphatic heterocycles. The molecule has 1 saturated heterocycles. The first-order valence-electron chi connectivity index (χ1n) is 5.37. The van der Waals surface area contributed by atoms with Crippen molar-refractivity contribution in [2.45, 2.75) is 25.8 Å². The van der Waals surface area contributed by atoms with E-state index in [-0.39, 0.29) is 11.9 Å². The molecule has 0 aliphatic carbocycles. The molecule has 4 heteroatoms. The van der Waals surface area contributed by atoms with E-state index in [1.807, 2.05) is 6.92 Å². The molecule has 4 nitrogen and oxygen atoms in total. The average Bonchev–Trinajstić information content (AvgIpc) is 2.32. The number of primary amides is 1. The summed E-state index contributed by atoms with van der Waals surface area (Å²) in [7, 11) is 2.12. The van der Waals surface area contributed by atoms with Crippen LogP contribution in [0.25, 0.3) is 0 Å². The van der Waals surface area contributed by atoms with Gasteiger partial charge in [0.2, 0.25) is 5.91 Å². The van der Waals surface area contributed by atoms with Crippen LogP contribution in [-0.2, 0) is 4.79 Å². The fraction of sp³-hybridized carbons (Fsp3) is 0.900. The maximum atomic E-state index is 11.2. The van der Waals surface area contributed by atoms with Crippen molar-refractivity contribution in [2.24, 2.45) is 5.73 Å². The van der Waals surface area contributed by atoms with Crippen molar-refractivity contribution in [3.63, 3.8) is 0 Å². The normalized spacial score (nSPS) is 23.0. The predicted octanol–water partition coefficient (Wildman–Crippen LogP) is -0.112. The smallest absolute Gasteiger partial charge is 0.234 e. The Bertz CT molecular complexity index is 196. The lowest BCUT2D eigenvalue weighted by Gasteiger charge is -2.27. The molecule has 0 bridgehead atoms. The van der Waals surface area contributed by atoms with E-state index in [4.69, 9.17) is 5.73 Å². The van der Waals surface area contributed by atoms with Crippen molar-refractivity contribution < 1.29 is 4.79 Å². The Balaban J connectivity index is 2.53. The van der Waals surface area contributed by atoms with Gasteiger partial charge in [-0.3, -0.25) is 9.69 Å². The molecule has 1 rings (SSSR count). The first-order valence-corrected chi connectivity index (χ1v) is 5.37. The maximum absolute atomic E-state index is 11.2. The van der Waals surface area contributed by atoms with Crippen molar-refractivity contribution in [3.8, 4) is 0 Å². The molecule has 0 saturated carbocycles. The largest absolute Gasteiger partial charge is 0.368 e. The van der Waals surface area contributed by atoms with Gasteiger partial charge >= 0.3 is 0 Å². The summed E-state index contributed by atoms with van der Waals surface area (Å²) in [5, 5.41) is 0. The van der Waals surface area contributed by atoms with Gasteiger partial charge in [-0.15, -0.1) is 0 Å². The third kappa shape index (κ3) is 2.96. The van der Waals surface area contributed by atoms with Gasteiger partial charge in [0.25, 0.3) is 0 Å². The van der Waals surface area contributed by atoms with Crippen LogP contribution in [0.2, 0.25) is 0 Å². The van der Waals surface area contributed by atoms with E-state index < -0.39 is 0 Å². The average molecular weight is 199 g/mol. The summed E-state index contributed by atoms with van der Waals surface area (Å²) in [6.07, 6.45) is 1.94. The fourth-order valence-electron chi connectivity index (χ4n) is 2.02. The quantitative estimate of drug-likeness (QED) is 0.690. The highest BCUT2D eigenvalue weighted by Gasteiger charge is 2.23. The number of hydrogen-bond donors (Lipinski definition) is 1. The highest BCUT2D eigenvalue weighted by Crippen LogP contribution is 2.08. The van der Waals surface area contributed by atoms with E-state index in [2.05, 4.69) is 16.8 Å². The van der Waals surface area contributed by atoms with Crippen molar-refractivity contribution in [1.29, 1.82) is 0 Å². The van der Waals surface area contributed by atoms with Gasteiger partial charge in [-0.1, -0.05) is 6.92 Å². The Labute approximate surface area is 86.0 Å². The second kappa shape index (κ2) is 5.32. The summed E-state index contributed by atoms with van der Waals surface area (Å²) < 4.78 is 0. The molecule has 0 aromatic heterocycles. The van der Waals surface area contributed by atoms with Gasteiger partial charge in [0.05, 0.1) is 6.04 Å². The summed E-state index contributed by atoms with van der Waals surface area (Å²) in [5.41, 5.74) is 5.37. The van der Waals surface area contributed by atoms with Gasteiger partial charge in [0, 0.05) is 19.6 Å². The molecular formula is C10H21N3O. The lowest BCUT2D eigenvalue weighted by Crippen LogP contribution is -2.45. The highest BCUT2D eigenvalue weighted by molar-refractivity contribution is 5.79. The Hall–Kier alpha value is -0.610. The second-order valence-electron chi connectivity index (χ2n) is 4.02. The minimum absolute atomic E-state index is 0.0681. The van der Waals surface area contributed by atoms with E-state index >= 15 is 0 Å². The maximum Gasteiger partial charge on any atom is 0.234 e. The summed E-state index contributed by atoms with van der Waals surface area (Å²) in [6.45, 7) is 6.11. The summed E-state index contributed by atoms with van der Waals surface area (Å²) in [5.74, 6) is -0.183. The highest BCUT2D eigenvalue weighted by atomic mass is 16.1. The van der Waals surface area contributed by atoms with Crippen LogP contribution in [0.15, 0.2) is 0 Å². The predicted molar refractivity (Wildman–Crippen MR) is 57.0 cm³/mol. The SMILES string of the molecule is CCC(C(N)=O)N1CCCN(C)CC1. The Kier molecular flexibility index (Phi) is 4.35. The first kappa shape index (κ1) is 11.5. The molecule has 0 spiro atoms. The van der Waals surface area contributed by atoms with E-state index in [9.17, 15) is 4.79 Å². The molecule has 1 amide bonds. The number of carbonyl (C=O) groups excluding carboxylic acids is 1. The molecular weight excluding hydrogens is 178 g/mol. The molecule has 1 aliphatic rings. The molecule has 1 atom stereocenters. The molecule has 82 valence electrons. The molecule has 0 aromatic rings. The van der Waals surface area contributed by atoms with Crippen LogP contribution in [0.3, 0.4) is 0 Å². The van der Waals surface area contributed by atoms with Crippen molar-refractivity contribution in [3.05, 3.63) is 0 Å². The zero-order valence-electron chi connectivity index (χ0n) is 9.20. The van der Waals surface area contributed by atoms with E-state index in [1.165, 1.54) is 0 Å².